The topological polar surface area (TPSA) is 55.2 Å². The van der Waals surface area contributed by atoms with Gasteiger partial charge in [0.2, 0.25) is 0 Å². The summed E-state index contributed by atoms with van der Waals surface area (Å²) >= 11 is 12.4. The number of H-pyrrole nitrogens is 1. The Kier molecular flexibility index (Phi) is 4.23. The number of benzene rings is 2. The van der Waals surface area contributed by atoms with Crippen molar-refractivity contribution in [3.63, 3.8) is 0 Å². The standard InChI is InChI=1S/C20H13Cl2NO3/c1-25-20(24)12-4-2-11(3-5-12)16-8-9-17(23-16)18-10-13-14(21)6-7-15(22)19(13)26-18/h2-10,23H,1H3. The van der Waals surface area contributed by atoms with Gasteiger partial charge in [-0.15, -0.1) is 0 Å². The summed E-state index contributed by atoms with van der Waals surface area (Å²) in [6.45, 7) is 0. The third kappa shape index (κ3) is 2.87. The largest absolute Gasteiger partial charge is 0.465 e. The van der Waals surface area contributed by atoms with Crippen LogP contribution in [0, 0.1) is 0 Å². The van der Waals surface area contributed by atoms with Crippen LogP contribution in [0.25, 0.3) is 33.7 Å². The van der Waals surface area contributed by atoms with Crippen LogP contribution in [0.1, 0.15) is 10.4 Å². The quantitative estimate of drug-likeness (QED) is 0.427. The molecule has 0 saturated heterocycles. The van der Waals surface area contributed by atoms with Gasteiger partial charge in [-0.05, 0) is 48.0 Å². The van der Waals surface area contributed by atoms with Gasteiger partial charge >= 0.3 is 5.97 Å². The van der Waals surface area contributed by atoms with Crippen molar-refractivity contribution in [2.75, 3.05) is 7.11 Å². The number of ether oxygens (including phenoxy) is 1. The van der Waals surface area contributed by atoms with Crippen molar-refractivity contribution in [1.82, 2.24) is 4.98 Å². The summed E-state index contributed by atoms with van der Waals surface area (Å²) in [4.78, 5) is 14.8. The lowest BCUT2D eigenvalue weighted by molar-refractivity contribution is 0.0601. The molecule has 4 nitrogen and oxygen atoms in total. The second-order valence-corrected chi connectivity index (χ2v) is 6.55. The maximum atomic E-state index is 11.5. The van der Waals surface area contributed by atoms with Gasteiger partial charge in [0.05, 0.1) is 28.4 Å². The van der Waals surface area contributed by atoms with E-state index in [1.54, 1.807) is 24.3 Å². The highest BCUT2D eigenvalue weighted by atomic mass is 35.5. The molecule has 0 unspecified atom stereocenters. The van der Waals surface area contributed by atoms with Gasteiger partial charge < -0.3 is 14.1 Å². The number of aromatic nitrogens is 1. The second kappa shape index (κ2) is 6.56. The van der Waals surface area contributed by atoms with E-state index in [0.29, 0.717) is 27.0 Å². The lowest BCUT2D eigenvalue weighted by Gasteiger charge is -2.01. The van der Waals surface area contributed by atoms with Crippen LogP contribution in [0.15, 0.2) is 59.0 Å². The highest BCUT2D eigenvalue weighted by Gasteiger charge is 2.14. The number of fused-ring (bicyclic) bond motifs is 1. The third-order valence-corrected chi connectivity index (χ3v) is 4.78. The van der Waals surface area contributed by atoms with Gasteiger partial charge in [-0.1, -0.05) is 35.3 Å². The Morgan fingerprint density at radius 1 is 0.962 bits per heavy atom. The molecular weight excluding hydrogens is 373 g/mol. The number of hydrogen-bond donors (Lipinski definition) is 1. The van der Waals surface area contributed by atoms with Gasteiger partial charge in [-0.3, -0.25) is 0 Å². The smallest absolute Gasteiger partial charge is 0.337 e. The predicted octanol–water partition coefficient (Wildman–Crippen LogP) is 6.19. The number of carbonyl (C=O) groups is 1. The number of rotatable bonds is 3. The summed E-state index contributed by atoms with van der Waals surface area (Å²) in [6, 6.07) is 16.3. The van der Waals surface area contributed by atoms with Crippen LogP contribution in [-0.2, 0) is 4.74 Å². The third-order valence-electron chi connectivity index (χ3n) is 4.15. The molecule has 4 rings (SSSR count). The minimum Gasteiger partial charge on any atom is -0.465 e. The lowest BCUT2D eigenvalue weighted by atomic mass is 10.1. The first-order valence-corrected chi connectivity index (χ1v) is 8.58. The zero-order valence-corrected chi connectivity index (χ0v) is 15.2. The van der Waals surface area contributed by atoms with E-state index in [9.17, 15) is 4.79 Å². The molecule has 0 amide bonds. The Hall–Kier alpha value is -2.69. The first kappa shape index (κ1) is 16.8. The molecule has 0 saturated carbocycles. The molecule has 26 heavy (non-hydrogen) atoms. The van der Waals surface area contributed by atoms with Crippen molar-refractivity contribution in [3.8, 4) is 22.7 Å². The van der Waals surface area contributed by atoms with E-state index >= 15 is 0 Å². The van der Waals surface area contributed by atoms with Crippen molar-refractivity contribution in [2.45, 2.75) is 0 Å². The number of methoxy groups -OCH3 is 1. The fourth-order valence-corrected chi connectivity index (χ4v) is 3.21. The Bertz CT molecular complexity index is 1070. The molecule has 1 N–H and O–H groups in total. The molecule has 2 heterocycles. The fraction of sp³-hybridized carbons (Fsp3) is 0.0500. The number of furan rings is 1. The number of halogens is 2. The zero-order chi connectivity index (χ0) is 18.3. The SMILES string of the molecule is COC(=O)c1ccc(-c2ccc(-c3cc4c(Cl)ccc(Cl)c4o3)[nH]2)cc1. The molecule has 0 atom stereocenters. The van der Waals surface area contributed by atoms with E-state index in [2.05, 4.69) is 4.98 Å². The van der Waals surface area contributed by atoms with Crippen molar-refractivity contribution >= 4 is 40.1 Å². The van der Waals surface area contributed by atoms with Crippen molar-refractivity contribution in [1.29, 1.82) is 0 Å². The molecule has 0 radical (unpaired) electrons. The van der Waals surface area contributed by atoms with E-state index in [1.807, 2.05) is 30.3 Å². The average molecular weight is 386 g/mol. The Morgan fingerprint density at radius 2 is 1.65 bits per heavy atom. The number of hydrogen-bond acceptors (Lipinski definition) is 3. The molecule has 0 bridgehead atoms. The Labute approximate surface area is 159 Å². The minimum atomic E-state index is -0.361. The molecule has 0 spiro atoms. The predicted molar refractivity (Wildman–Crippen MR) is 103 cm³/mol. The van der Waals surface area contributed by atoms with Gasteiger partial charge in [-0.2, -0.15) is 0 Å². The van der Waals surface area contributed by atoms with Crippen LogP contribution in [0.5, 0.6) is 0 Å². The Morgan fingerprint density at radius 3 is 2.35 bits per heavy atom. The van der Waals surface area contributed by atoms with Crippen molar-refractivity contribution in [2.24, 2.45) is 0 Å². The summed E-state index contributed by atoms with van der Waals surface area (Å²) in [6.07, 6.45) is 0. The van der Waals surface area contributed by atoms with E-state index < -0.39 is 0 Å². The molecule has 2 aromatic carbocycles. The van der Waals surface area contributed by atoms with Gasteiger partial charge in [-0.25, -0.2) is 4.79 Å². The van der Waals surface area contributed by atoms with Gasteiger partial charge in [0.15, 0.2) is 11.3 Å². The van der Waals surface area contributed by atoms with Crippen LogP contribution in [-0.4, -0.2) is 18.1 Å². The molecule has 0 aliphatic rings. The van der Waals surface area contributed by atoms with E-state index in [4.69, 9.17) is 32.4 Å². The first-order valence-electron chi connectivity index (χ1n) is 7.82. The molecule has 0 aliphatic heterocycles. The van der Waals surface area contributed by atoms with Crippen LogP contribution >= 0.6 is 23.2 Å². The minimum absolute atomic E-state index is 0.361. The fourth-order valence-electron chi connectivity index (χ4n) is 2.80. The van der Waals surface area contributed by atoms with Crippen LogP contribution in [0.2, 0.25) is 10.0 Å². The maximum Gasteiger partial charge on any atom is 0.337 e. The van der Waals surface area contributed by atoms with Crippen molar-refractivity contribution < 1.29 is 13.9 Å². The number of nitrogens with one attached hydrogen (secondary N) is 1. The number of carbonyl (C=O) groups excluding carboxylic acids is 1. The first-order chi connectivity index (χ1) is 12.6. The molecule has 130 valence electrons. The molecule has 0 aliphatic carbocycles. The molecule has 6 heteroatoms. The van der Waals surface area contributed by atoms with Gasteiger partial charge in [0, 0.05) is 11.1 Å². The number of aromatic amines is 1. The Balaban J connectivity index is 1.69. The summed E-state index contributed by atoms with van der Waals surface area (Å²) in [7, 11) is 1.36. The lowest BCUT2D eigenvalue weighted by Crippen LogP contribution is -2.00. The van der Waals surface area contributed by atoms with Gasteiger partial charge in [0.25, 0.3) is 0 Å². The van der Waals surface area contributed by atoms with E-state index in [-0.39, 0.29) is 5.97 Å². The summed E-state index contributed by atoms with van der Waals surface area (Å²) in [5.74, 6) is 0.284. The highest BCUT2D eigenvalue weighted by Crippen LogP contribution is 2.36. The van der Waals surface area contributed by atoms with Gasteiger partial charge in [0.1, 0.15) is 0 Å². The normalized spacial score (nSPS) is 11.0. The zero-order valence-electron chi connectivity index (χ0n) is 13.7. The van der Waals surface area contributed by atoms with Crippen LogP contribution in [0.3, 0.4) is 0 Å². The molecule has 2 aromatic heterocycles. The maximum absolute atomic E-state index is 11.5. The van der Waals surface area contributed by atoms with Crippen LogP contribution < -0.4 is 0 Å². The van der Waals surface area contributed by atoms with Crippen LogP contribution in [0.4, 0.5) is 0 Å². The monoisotopic (exact) mass is 385 g/mol. The van der Waals surface area contributed by atoms with E-state index in [1.165, 1.54) is 7.11 Å². The van der Waals surface area contributed by atoms with Crippen molar-refractivity contribution in [3.05, 3.63) is 70.2 Å². The summed E-state index contributed by atoms with van der Waals surface area (Å²) < 4.78 is 10.6. The van der Waals surface area contributed by atoms with E-state index in [0.717, 1.165) is 22.3 Å². The average Bonchev–Trinajstić information content (AvgIpc) is 3.32. The summed E-state index contributed by atoms with van der Waals surface area (Å²) in [5.41, 5.74) is 3.71. The molecule has 4 aromatic rings. The second-order valence-electron chi connectivity index (χ2n) is 5.74. The molecule has 0 fully saturated rings. The summed E-state index contributed by atoms with van der Waals surface area (Å²) in [5, 5.41) is 1.87. The highest BCUT2D eigenvalue weighted by molar-refractivity contribution is 6.39. The number of esters is 1. The molecular formula is C20H13Cl2NO3.